The molecule has 0 radical (unpaired) electrons. The Morgan fingerprint density at radius 3 is 2.41 bits per heavy atom. The minimum atomic E-state index is -3.76. The molecule has 0 unspecified atom stereocenters. The smallest absolute Gasteiger partial charge is 0.243 e. The summed E-state index contributed by atoms with van der Waals surface area (Å²) in [7, 11) is -3.76. The number of rotatable bonds is 7. The van der Waals surface area contributed by atoms with Gasteiger partial charge in [0, 0.05) is 44.3 Å². The molecule has 0 spiro atoms. The minimum absolute atomic E-state index is 0.130. The first kappa shape index (κ1) is 22.8. The molecule has 0 aliphatic carbocycles. The van der Waals surface area contributed by atoms with Crippen LogP contribution in [0.25, 0.3) is 0 Å². The molecule has 0 N–H and O–H groups in total. The Bertz CT molecular complexity index is 1070. The number of hydrogen-bond donors (Lipinski definition) is 0. The molecule has 2 aliphatic rings. The lowest BCUT2D eigenvalue weighted by Gasteiger charge is -2.35. The van der Waals surface area contributed by atoms with Crippen LogP contribution in [0.4, 0.5) is 0 Å². The molecule has 0 bridgehead atoms. The second kappa shape index (κ2) is 9.66. The number of amides is 1. The van der Waals surface area contributed by atoms with Crippen LogP contribution in [0.15, 0.2) is 47.4 Å². The Balaban J connectivity index is 1.32. The van der Waals surface area contributed by atoms with Crippen molar-refractivity contribution in [3.8, 4) is 11.5 Å². The number of piperazine rings is 1. The Morgan fingerprint density at radius 2 is 1.72 bits per heavy atom. The molecule has 1 saturated heterocycles. The Kier molecular flexibility index (Phi) is 6.90. The van der Waals surface area contributed by atoms with Crippen LogP contribution in [-0.4, -0.2) is 74.5 Å². The summed E-state index contributed by atoms with van der Waals surface area (Å²) >= 11 is 5.86. The quantitative estimate of drug-likeness (QED) is 0.607. The molecule has 2 aromatic rings. The number of sulfonamides is 1. The predicted octanol–water partition coefficient (Wildman–Crippen LogP) is 2.42. The lowest BCUT2D eigenvalue weighted by atomic mass is 10.1. The molecule has 0 saturated carbocycles. The number of ether oxygens (including phenoxy) is 2. The molecule has 4 rings (SSSR count). The van der Waals surface area contributed by atoms with Crippen LogP contribution >= 0.6 is 11.6 Å². The number of nitrogens with zero attached hydrogens (tertiary/aromatic N) is 3. The first-order valence-corrected chi connectivity index (χ1v) is 12.3. The number of hydrogen-bond acceptors (Lipinski definition) is 6. The van der Waals surface area contributed by atoms with Gasteiger partial charge in [0.15, 0.2) is 11.5 Å². The molecule has 2 aromatic carbocycles. The van der Waals surface area contributed by atoms with Gasteiger partial charge < -0.3 is 14.4 Å². The van der Waals surface area contributed by atoms with Crippen LogP contribution in [0.5, 0.6) is 11.5 Å². The fraction of sp³-hybridized carbons (Fsp3) is 0.409. The van der Waals surface area contributed by atoms with E-state index in [1.165, 1.54) is 28.6 Å². The molecule has 32 heavy (non-hydrogen) atoms. The van der Waals surface area contributed by atoms with E-state index in [0.29, 0.717) is 18.1 Å². The molecule has 10 heteroatoms. The highest BCUT2D eigenvalue weighted by Gasteiger charge is 2.29. The average molecular weight is 480 g/mol. The van der Waals surface area contributed by atoms with Crippen LogP contribution in [0.1, 0.15) is 12.5 Å². The van der Waals surface area contributed by atoms with Crippen molar-refractivity contribution in [1.82, 2.24) is 14.1 Å². The SMILES string of the molecule is CCN(CC(=O)N1CCN(Cc2ccc3c(c2)OCO3)CC1)S(=O)(=O)c1ccc(Cl)cc1. The lowest BCUT2D eigenvalue weighted by molar-refractivity contribution is -0.133. The minimum Gasteiger partial charge on any atom is -0.454 e. The van der Waals surface area contributed by atoms with Crippen molar-refractivity contribution in [2.24, 2.45) is 0 Å². The zero-order valence-electron chi connectivity index (χ0n) is 17.9. The van der Waals surface area contributed by atoms with E-state index >= 15 is 0 Å². The van der Waals surface area contributed by atoms with Gasteiger partial charge in [-0.1, -0.05) is 24.6 Å². The Hall–Kier alpha value is -2.33. The van der Waals surface area contributed by atoms with Crippen molar-refractivity contribution in [2.45, 2.75) is 18.4 Å². The maximum Gasteiger partial charge on any atom is 0.243 e. The van der Waals surface area contributed by atoms with Crippen LogP contribution in [0.3, 0.4) is 0 Å². The molecule has 0 aromatic heterocycles. The molecular weight excluding hydrogens is 454 g/mol. The van der Waals surface area contributed by atoms with Crippen LogP contribution < -0.4 is 9.47 Å². The van der Waals surface area contributed by atoms with Crippen LogP contribution in [0.2, 0.25) is 5.02 Å². The molecule has 8 nitrogen and oxygen atoms in total. The van der Waals surface area contributed by atoms with Crippen molar-refractivity contribution >= 4 is 27.5 Å². The van der Waals surface area contributed by atoms with E-state index in [-0.39, 0.29) is 30.7 Å². The number of fused-ring (bicyclic) bond motifs is 1. The predicted molar refractivity (Wildman–Crippen MR) is 120 cm³/mol. The van der Waals surface area contributed by atoms with Crippen molar-refractivity contribution < 1.29 is 22.7 Å². The number of benzene rings is 2. The van der Waals surface area contributed by atoms with E-state index in [2.05, 4.69) is 4.90 Å². The maximum absolute atomic E-state index is 12.9. The van der Waals surface area contributed by atoms with E-state index in [4.69, 9.17) is 21.1 Å². The van der Waals surface area contributed by atoms with Gasteiger partial charge in [-0.25, -0.2) is 8.42 Å². The third kappa shape index (κ3) is 5.01. The second-order valence-electron chi connectivity index (χ2n) is 7.73. The van der Waals surface area contributed by atoms with Crippen molar-refractivity contribution in [3.05, 3.63) is 53.1 Å². The van der Waals surface area contributed by atoms with Crippen LogP contribution in [-0.2, 0) is 21.4 Å². The van der Waals surface area contributed by atoms with Gasteiger partial charge in [0.2, 0.25) is 22.7 Å². The first-order valence-electron chi connectivity index (χ1n) is 10.5. The average Bonchev–Trinajstić information content (AvgIpc) is 3.26. The fourth-order valence-corrected chi connectivity index (χ4v) is 5.35. The normalized spacial score (nSPS) is 16.5. The van der Waals surface area contributed by atoms with E-state index < -0.39 is 10.0 Å². The first-order chi connectivity index (χ1) is 15.4. The number of carbonyl (C=O) groups is 1. The van der Waals surface area contributed by atoms with Crippen LogP contribution in [0, 0.1) is 0 Å². The van der Waals surface area contributed by atoms with Crippen molar-refractivity contribution in [2.75, 3.05) is 46.1 Å². The molecule has 2 aliphatic heterocycles. The highest BCUT2D eigenvalue weighted by atomic mass is 35.5. The number of likely N-dealkylation sites (N-methyl/N-ethyl adjacent to an activating group) is 1. The summed E-state index contributed by atoms with van der Waals surface area (Å²) in [5.41, 5.74) is 1.13. The summed E-state index contributed by atoms with van der Waals surface area (Å²) in [5, 5.41) is 0.460. The highest BCUT2D eigenvalue weighted by Crippen LogP contribution is 2.32. The van der Waals surface area contributed by atoms with Crippen molar-refractivity contribution in [3.63, 3.8) is 0 Å². The largest absolute Gasteiger partial charge is 0.454 e. The topological polar surface area (TPSA) is 79.4 Å². The van der Waals surface area contributed by atoms with Gasteiger partial charge in [-0.3, -0.25) is 9.69 Å². The van der Waals surface area contributed by atoms with E-state index in [1.54, 1.807) is 11.8 Å². The summed E-state index contributed by atoms with van der Waals surface area (Å²) in [5.74, 6) is 1.34. The lowest BCUT2D eigenvalue weighted by Crippen LogP contribution is -2.51. The molecule has 2 heterocycles. The number of carbonyl (C=O) groups excluding carboxylic acids is 1. The van der Waals surface area contributed by atoms with Gasteiger partial charge >= 0.3 is 0 Å². The maximum atomic E-state index is 12.9. The molecule has 1 fully saturated rings. The third-order valence-corrected chi connectivity index (χ3v) is 7.87. The summed E-state index contributed by atoms with van der Waals surface area (Å²) in [6, 6.07) is 11.9. The summed E-state index contributed by atoms with van der Waals surface area (Å²) in [6.07, 6.45) is 0. The van der Waals surface area contributed by atoms with E-state index in [9.17, 15) is 13.2 Å². The molecule has 1 amide bonds. The number of halogens is 1. The zero-order valence-corrected chi connectivity index (χ0v) is 19.4. The molecule has 0 atom stereocenters. The fourth-order valence-electron chi connectivity index (χ4n) is 3.83. The summed E-state index contributed by atoms with van der Waals surface area (Å²) < 4.78 is 37.8. The molecular formula is C22H26ClN3O5S. The highest BCUT2D eigenvalue weighted by molar-refractivity contribution is 7.89. The van der Waals surface area contributed by atoms with Gasteiger partial charge in [-0.15, -0.1) is 0 Å². The Morgan fingerprint density at radius 1 is 1.03 bits per heavy atom. The van der Waals surface area contributed by atoms with Gasteiger partial charge in [0.1, 0.15) is 0 Å². The zero-order chi connectivity index (χ0) is 22.7. The monoisotopic (exact) mass is 479 g/mol. The molecule has 172 valence electrons. The van der Waals surface area contributed by atoms with Crippen molar-refractivity contribution in [1.29, 1.82) is 0 Å². The summed E-state index contributed by atoms with van der Waals surface area (Å²) in [4.78, 5) is 17.0. The second-order valence-corrected chi connectivity index (χ2v) is 10.1. The van der Waals surface area contributed by atoms with Gasteiger partial charge in [0.25, 0.3) is 0 Å². The van der Waals surface area contributed by atoms with Gasteiger partial charge in [-0.2, -0.15) is 4.31 Å². The summed E-state index contributed by atoms with van der Waals surface area (Å²) in [6.45, 7) is 5.32. The van der Waals surface area contributed by atoms with Gasteiger partial charge in [0.05, 0.1) is 11.4 Å². The van der Waals surface area contributed by atoms with E-state index in [0.717, 1.165) is 36.7 Å². The standard InChI is InChI=1S/C22H26ClN3O5S/c1-2-26(32(28,29)19-6-4-18(23)5-7-19)15-22(27)25-11-9-24(10-12-25)14-17-3-8-20-21(13-17)31-16-30-20/h3-8,13H,2,9-12,14-16H2,1H3. The van der Waals surface area contributed by atoms with E-state index in [1.807, 2.05) is 18.2 Å². The Labute approximate surface area is 193 Å². The van der Waals surface area contributed by atoms with Gasteiger partial charge in [-0.05, 0) is 42.0 Å². The third-order valence-electron chi connectivity index (χ3n) is 5.68.